The van der Waals surface area contributed by atoms with Crippen LogP contribution in [0.2, 0.25) is 0 Å². The first-order chi connectivity index (χ1) is 11.1. The molecule has 1 aliphatic heterocycles. The number of ether oxygens (including phenoxy) is 1. The van der Waals surface area contributed by atoms with Gasteiger partial charge in [0.15, 0.2) is 0 Å². The summed E-state index contributed by atoms with van der Waals surface area (Å²) in [6.45, 7) is 2.76. The molecule has 0 aromatic heterocycles. The molecule has 2 aromatic rings. The van der Waals surface area contributed by atoms with Gasteiger partial charge in [-0.3, -0.25) is 0 Å². The number of carbonyl (C=O) groups is 1. The number of benzene rings is 2. The van der Waals surface area contributed by atoms with Gasteiger partial charge in [0, 0.05) is 18.7 Å². The number of fused-ring (bicyclic) bond motifs is 1. The van der Waals surface area contributed by atoms with Gasteiger partial charge in [-0.2, -0.15) is 0 Å². The molecule has 0 aliphatic carbocycles. The Morgan fingerprint density at radius 1 is 1.30 bits per heavy atom. The Balaban J connectivity index is 1.55. The molecule has 23 heavy (non-hydrogen) atoms. The average Bonchev–Trinajstić information content (AvgIpc) is 3.02. The summed E-state index contributed by atoms with van der Waals surface area (Å²) in [7, 11) is 0. The maximum absolute atomic E-state index is 11.9. The predicted molar refractivity (Wildman–Crippen MR) is 88.8 cm³/mol. The van der Waals surface area contributed by atoms with Crippen molar-refractivity contribution in [1.29, 1.82) is 0 Å². The van der Waals surface area contributed by atoms with E-state index in [0.29, 0.717) is 6.61 Å². The summed E-state index contributed by atoms with van der Waals surface area (Å²) < 4.78 is 5.45. The Bertz CT molecular complexity index is 715. The van der Waals surface area contributed by atoms with E-state index in [-0.39, 0.29) is 12.6 Å². The summed E-state index contributed by atoms with van der Waals surface area (Å²) in [5, 5.41) is 15.7. The zero-order valence-electron chi connectivity index (χ0n) is 13.0. The van der Waals surface area contributed by atoms with Crippen molar-refractivity contribution in [3.63, 3.8) is 0 Å². The fraction of sp³-hybridized carbons (Fsp3) is 0.278. The predicted octanol–water partition coefficient (Wildman–Crippen LogP) is 2.79. The number of aliphatic hydroxyl groups is 1. The number of amides is 2. The van der Waals surface area contributed by atoms with E-state index in [9.17, 15) is 9.90 Å². The summed E-state index contributed by atoms with van der Waals surface area (Å²) in [5.74, 6) is 0.881. The summed E-state index contributed by atoms with van der Waals surface area (Å²) >= 11 is 0. The number of hydrogen-bond donors (Lipinski definition) is 3. The lowest BCUT2D eigenvalue weighted by Gasteiger charge is -2.14. The second-order valence-corrected chi connectivity index (χ2v) is 5.63. The summed E-state index contributed by atoms with van der Waals surface area (Å²) in [5.41, 5.74) is 3.63. The first-order valence-corrected chi connectivity index (χ1v) is 7.67. The standard InChI is InChI=1S/C18H20N2O3/c1-12-4-2-3-5-15(12)20-18(22)19-11-16(21)13-6-7-17-14(10-13)8-9-23-17/h2-7,10,16,21H,8-9,11H2,1H3,(H2,19,20,22). The number of rotatable bonds is 4. The molecule has 2 aromatic carbocycles. The molecule has 2 amide bonds. The maximum atomic E-state index is 11.9. The van der Waals surface area contributed by atoms with Crippen molar-refractivity contribution in [3.05, 3.63) is 59.2 Å². The lowest BCUT2D eigenvalue weighted by molar-refractivity contribution is 0.175. The molecule has 0 saturated heterocycles. The van der Waals surface area contributed by atoms with Gasteiger partial charge in [-0.05, 0) is 41.8 Å². The van der Waals surface area contributed by atoms with Crippen molar-refractivity contribution in [1.82, 2.24) is 5.32 Å². The molecular formula is C18H20N2O3. The van der Waals surface area contributed by atoms with Crippen LogP contribution in [0.25, 0.3) is 0 Å². The Kier molecular flexibility index (Phi) is 4.48. The van der Waals surface area contributed by atoms with Gasteiger partial charge in [-0.15, -0.1) is 0 Å². The molecule has 0 spiro atoms. The van der Waals surface area contributed by atoms with Gasteiger partial charge in [0.05, 0.1) is 12.7 Å². The van der Waals surface area contributed by atoms with Crippen LogP contribution in [0.5, 0.6) is 5.75 Å². The molecule has 1 heterocycles. The SMILES string of the molecule is Cc1ccccc1NC(=O)NCC(O)c1ccc2c(c1)CCO2. The number of hydrogen-bond acceptors (Lipinski definition) is 3. The molecule has 0 radical (unpaired) electrons. The summed E-state index contributed by atoms with van der Waals surface area (Å²) in [6, 6.07) is 12.9. The van der Waals surface area contributed by atoms with Gasteiger partial charge >= 0.3 is 6.03 Å². The highest BCUT2D eigenvalue weighted by Gasteiger charge is 2.16. The van der Waals surface area contributed by atoms with Crippen molar-refractivity contribution in [2.75, 3.05) is 18.5 Å². The minimum absolute atomic E-state index is 0.150. The third-order valence-corrected chi connectivity index (χ3v) is 3.95. The van der Waals surface area contributed by atoms with Crippen LogP contribution < -0.4 is 15.4 Å². The van der Waals surface area contributed by atoms with E-state index in [1.54, 1.807) is 0 Å². The van der Waals surface area contributed by atoms with Gasteiger partial charge in [0.25, 0.3) is 0 Å². The van der Waals surface area contributed by atoms with Crippen molar-refractivity contribution < 1.29 is 14.6 Å². The van der Waals surface area contributed by atoms with Crippen LogP contribution >= 0.6 is 0 Å². The summed E-state index contributed by atoms with van der Waals surface area (Å²) in [6.07, 6.45) is 0.111. The second kappa shape index (κ2) is 6.71. The van der Waals surface area contributed by atoms with Crippen LogP contribution in [-0.2, 0) is 6.42 Å². The van der Waals surface area contributed by atoms with Crippen LogP contribution in [0.1, 0.15) is 22.8 Å². The summed E-state index contributed by atoms with van der Waals surface area (Å²) in [4.78, 5) is 11.9. The number of carbonyl (C=O) groups excluding carboxylic acids is 1. The fourth-order valence-electron chi connectivity index (χ4n) is 2.60. The molecular weight excluding hydrogens is 292 g/mol. The number of para-hydroxylation sites is 1. The van der Waals surface area contributed by atoms with Crippen LogP contribution in [0.4, 0.5) is 10.5 Å². The largest absolute Gasteiger partial charge is 0.493 e. The van der Waals surface area contributed by atoms with Crippen LogP contribution in [-0.4, -0.2) is 24.3 Å². The fourth-order valence-corrected chi connectivity index (χ4v) is 2.60. The molecule has 1 unspecified atom stereocenters. The molecule has 1 aliphatic rings. The minimum Gasteiger partial charge on any atom is -0.493 e. The zero-order valence-corrected chi connectivity index (χ0v) is 13.0. The normalized spacial score (nSPS) is 13.8. The van der Waals surface area contributed by atoms with Crippen molar-refractivity contribution in [2.45, 2.75) is 19.4 Å². The molecule has 0 saturated carbocycles. The Labute approximate surface area is 135 Å². The highest BCUT2D eigenvalue weighted by Crippen LogP contribution is 2.28. The number of urea groups is 1. The maximum Gasteiger partial charge on any atom is 0.319 e. The van der Waals surface area contributed by atoms with E-state index < -0.39 is 6.10 Å². The highest BCUT2D eigenvalue weighted by atomic mass is 16.5. The third kappa shape index (κ3) is 3.63. The van der Waals surface area contributed by atoms with Crippen LogP contribution in [0.15, 0.2) is 42.5 Å². The van der Waals surface area contributed by atoms with Gasteiger partial charge in [-0.1, -0.05) is 24.3 Å². The highest BCUT2D eigenvalue weighted by molar-refractivity contribution is 5.90. The van der Waals surface area contributed by atoms with Crippen LogP contribution in [0.3, 0.4) is 0 Å². The first kappa shape index (κ1) is 15.4. The molecule has 3 rings (SSSR count). The molecule has 3 N–H and O–H groups in total. The second-order valence-electron chi connectivity index (χ2n) is 5.63. The molecule has 0 fully saturated rings. The van der Waals surface area contributed by atoms with Crippen molar-refractivity contribution in [3.8, 4) is 5.75 Å². The lowest BCUT2D eigenvalue weighted by atomic mass is 10.0. The Morgan fingerprint density at radius 2 is 2.13 bits per heavy atom. The van der Waals surface area contributed by atoms with Gasteiger partial charge < -0.3 is 20.5 Å². The van der Waals surface area contributed by atoms with Gasteiger partial charge in [0.2, 0.25) is 0 Å². The molecule has 5 nitrogen and oxygen atoms in total. The van der Waals surface area contributed by atoms with E-state index in [1.807, 2.05) is 49.4 Å². The van der Waals surface area contributed by atoms with E-state index in [1.165, 1.54) is 0 Å². The Hall–Kier alpha value is -2.53. The topological polar surface area (TPSA) is 70.6 Å². The van der Waals surface area contributed by atoms with E-state index >= 15 is 0 Å². The van der Waals surface area contributed by atoms with E-state index in [4.69, 9.17) is 4.74 Å². The molecule has 5 heteroatoms. The zero-order chi connectivity index (χ0) is 16.2. The van der Waals surface area contributed by atoms with Crippen LogP contribution in [0, 0.1) is 6.92 Å². The first-order valence-electron chi connectivity index (χ1n) is 7.67. The number of aliphatic hydroxyl groups excluding tert-OH is 1. The number of anilines is 1. The van der Waals surface area contributed by atoms with Crippen molar-refractivity contribution in [2.24, 2.45) is 0 Å². The van der Waals surface area contributed by atoms with Gasteiger partial charge in [0.1, 0.15) is 5.75 Å². The molecule has 1 atom stereocenters. The number of nitrogens with one attached hydrogen (secondary N) is 2. The van der Waals surface area contributed by atoms with Crippen molar-refractivity contribution >= 4 is 11.7 Å². The average molecular weight is 312 g/mol. The smallest absolute Gasteiger partial charge is 0.319 e. The van der Waals surface area contributed by atoms with E-state index in [2.05, 4.69) is 10.6 Å². The minimum atomic E-state index is -0.747. The monoisotopic (exact) mass is 312 g/mol. The van der Waals surface area contributed by atoms with Gasteiger partial charge in [-0.25, -0.2) is 4.79 Å². The van der Waals surface area contributed by atoms with E-state index in [0.717, 1.165) is 34.5 Å². The molecule has 120 valence electrons. The number of aryl methyl sites for hydroxylation is 1. The molecule has 0 bridgehead atoms. The lowest BCUT2D eigenvalue weighted by Crippen LogP contribution is -2.32. The third-order valence-electron chi connectivity index (χ3n) is 3.95. The Morgan fingerprint density at radius 3 is 2.96 bits per heavy atom. The quantitative estimate of drug-likeness (QED) is 0.813.